The van der Waals surface area contributed by atoms with E-state index in [9.17, 15) is 15.8 Å². The molecule has 0 fully saturated rings. The van der Waals surface area contributed by atoms with Crippen LogP contribution < -0.4 is 5.73 Å². The molecule has 0 atom stereocenters. The van der Waals surface area contributed by atoms with Crippen LogP contribution in [0.5, 0.6) is 0 Å². The van der Waals surface area contributed by atoms with Crippen molar-refractivity contribution >= 4 is 27.2 Å². The molecule has 0 amide bonds. The van der Waals surface area contributed by atoms with E-state index in [4.69, 9.17) is 5.73 Å². The van der Waals surface area contributed by atoms with Gasteiger partial charge < -0.3 is 5.73 Å². The maximum Gasteiger partial charge on any atom is 0.0998 e. The number of nitrogens with zero attached hydrogens (tertiary/aromatic N) is 3. The molecule has 0 radical (unpaired) electrons. The minimum Gasteiger partial charge on any atom is -0.399 e. The molecule has 264 valence electrons. The molecule has 0 aliphatic rings. The number of benzene rings is 9. The molecule has 2 N–H and O–H groups in total. The summed E-state index contributed by atoms with van der Waals surface area (Å²) in [6.07, 6.45) is 0. The molecule has 9 aromatic carbocycles. The van der Waals surface area contributed by atoms with E-state index in [2.05, 4.69) is 97.1 Å². The number of nitrogen functional groups attached to an aromatic ring is 1. The number of fused-ring (bicyclic) bond motifs is 2. The Balaban J connectivity index is 1.68. The van der Waals surface area contributed by atoms with Crippen molar-refractivity contribution in [3.63, 3.8) is 0 Å². The minimum atomic E-state index is 0.504. The Morgan fingerprint density at radius 3 is 1.14 bits per heavy atom. The summed E-state index contributed by atoms with van der Waals surface area (Å²) < 4.78 is 0. The number of anilines is 1. The first kappa shape index (κ1) is 34.5. The van der Waals surface area contributed by atoms with E-state index in [0.29, 0.717) is 22.4 Å². The topological polar surface area (TPSA) is 97.4 Å². The average Bonchev–Trinajstić information content (AvgIpc) is 3.28. The van der Waals surface area contributed by atoms with E-state index >= 15 is 0 Å². The van der Waals surface area contributed by atoms with Gasteiger partial charge in [-0.3, -0.25) is 0 Å². The monoisotopic (exact) mass is 724 g/mol. The van der Waals surface area contributed by atoms with Gasteiger partial charge in [-0.25, -0.2) is 0 Å². The van der Waals surface area contributed by atoms with Crippen molar-refractivity contribution in [1.82, 2.24) is 0 Å². The summed E-state index contributed by atoms with van der Waals surface area (Å²) >= 11 is 0. The molecule has 4 nitrogen and oxygen atoms in total. The summed E-state index contributed by atoms with van der Waals surface area (Å²) in [6, 6.07) is 67.8. The van der Waals surface area contributed by atoms with E-state index in [0.717, 1.165) is 88.3 Å². The normalized spacial score (nSPS) is 10.8. The van der Waals surface area contributed by atoms with Crippen molar-refractivity contribution in [1.29, 1.82) is 15.8 Å². The van der Waals surface area contributed by atoms with Gasteiger partial charge >= 0.3 is 0 Å². The molecule has 0 saturated carbocycles. The molecule has 0 bridgehead atoms. The Morgan fingerprint density at radius 2 is 0.684 bits per heavy atom. The second-order valence-corrected chi connectivity index (χ2v) is 13.9. The van der Waals surface area contributed by atoms with E-state index in [1.165, 1.54) is 0 Å². The van der Waals surface area contributed by atoms with Crippen LogP contribution in [0.1, 0.15) is 16.7 Å². The quantitative estimate of drug-likeness (QED) is 0.173. The number of hydrogen-bond acceptors (Lipinski definition) is 4. The van der Waals surface area contributed by atoms with Crippen LogP contribution in [0.3, 0.4) is 0 Å². The molecule has 9 rings (SSSR count). The lowest BCUT2D eigenvalue weighted by molar-refractivity contribution is 1.45. The van der Waals surface area contributed by atoms with Gasteiger partial charge in [-0.15, -0.1) is 0 Å². The second-order valence-electron chi connectivity index (χ2n) is 13.9. The van der Waals surface area contributed by atoms with Gasteiger partial charge in [-0.1, -0.05) is 146 Å². The van der Waals surface area contributed by atoms with Gasteiger partial charge in [0.25, 0.3) is 0 Å². The first-order valence-electron chi connectivity index (χ1n) is 18.6. The largest absolute Gasteiger partial charge is 0.399 e. The molecule has 0 unspecified atom stereocenters. The predicted molar refractivity (Wildman–Crippen MR) is 233 cm³/mol. The van der Waals surface area contributed by atoms with E-state index < -0.39 is 0 Å². The lowest BCUT2D eigenvalue weighted by Crippen LogP contribution is -2.04. The molecule has 9 aromatic rings. The molecular formula is C53H32N4. The molecule has 0 saturated heterocycles. The highest BCUT2D eigenvalue weighted by molar-refractivity contribution is 6.20. The fraction of sp³-hybridized carbons (Fsp3) is 0. The van der Waals surface area contributed by atoms with Crippen molar-refractivity contribution in [2.24, 2.45) is 0 Å². The van der Waals surface area contributed by atoms with Crippen LogP contribution in [0.25, 0.3) is 88.3 Å². The zero-order valence-corrected chi connectivity index (χ0v) is 30.7. The van der Waals surface area contributed by atoms with Gasteiger partial charge in [0, 0.05) is 27.9 Å². The maximum absolute atomic E-state index is 10.9. The third kappa shape index (κ3) is 5.94. The maximum atomic E-state index is 10.9. The fourth-order valence-corrected chi connectivity index (χ4v) is 8.25. The molecule has 0 aliphatic carbocycles. The number of nitrogens with two attached hydrogens (primary N) is 1. The van der Waals surface area contributed by atoms with Gasteiger partial charge in [-0.2, -0.15) is 15.8 Å². The van der Waals surface area contributed by atoms with Crippen LogP contribution in [0.4, 0.5) is 5.69 Å². The molecule has 57 heavy (non-hydrogen) atoms. The summed E-state index contributed by atoms with van der Waals surface area (Å²) in [7, 11) is 0. The van der Waals surface area contributed by atoms with Crippen LogP contribution in [-0.4, -0.2) is 0 Å². The number of rotatable bonds is 6. The Morgan fingerprint density at radius 1 is 0.316 bits per heavy atom. The predicted octanol–water partition coefficient (Wildman–Crippen LogP) is 13.2. The van der Waals surface area contributed by atoms with Crippen LogP contribution in [0.15, 0.2) is 182 Å². The van der Waals surface area contributed by atoms with Crippen LogP contribution in [0, 0.1) is 34.0 Å². The van der Waals surface area contributed by atoms with Crippen LogP contribution >= 0.6 is 0 Å². The zero-order chi connectivity index (χ0) is 38.9. The van der Waals surface area contributed by atoms with Gasteiger partial charge in [0.15, 0.2) is 0 Å². The molecule has 0 spiro atoms. The first-order chi connectivity index (χ1) is 28.1. The second kappa shape index (κ2) is 14.5. The van der Waals surface area contributed by atoms with Gasteiger partial charge in [0.05, 0.1) is 34.9 Å². The summed E-state index contributed by atoms with van der Waals surface area (Å²) in [6.45, 7) is 0. The van der Waals surface area contributed by atoms with Crippen molar-refractivity contribution in [2.45, 2.75) is 0 Å². The SMILES string of the molecule is N#Cc1ccc(-c2c(-c3ccc(N)cc3)c(-c3cccc4ccccc34)c(-c3ccccc3C#N)c(-c3ccccc3C#N)c2-c2cccc3ccccc23)cc1. The Kier molecular flexibility index (Phi) is 8.81. The van der Waals surface area contributed by atoms with Crippen molar-refractivity contribution in [3.8, 4) is 85.0 Å². The highest BCUT2D eigenvalue weighted by Crippen LogP contribution is 2.58. The lowest BCUT2D eigenvalue weighted by atomic mass is 9.72. The molecule has 0 aromatic heterocycles. The van der Waals surface area contributed by atoms with Gasteiger partial charge in [-0.05, 0) is 102 Å². The standard InChI is InChI=1S/C53H32N4/c54-31-34-23-25-37(26-24-34)48-49(38-27-29-41(57)30-28-38)53(47-22-10-16-36-12-2-6-18-43(36)47)51(45-20-8-4-14-40(45)33-56)50(44-19-7-3-13-39(44)32-55)52(48)46-21-9-15-35-11-1-5-17-42(35)46/h1-30H,57H2. The summed E-state index contributed by atoms with van der Waals surface area (Å²) in [5.41, 5.74) is 19.1. The van der Waals surface area contributed by atoms with Crippen LogP contribution in [0.2, 0.25) is 0 Å². The average molecular weight is 725 g/mol. The van der Waals surface area contributed by atoms with E-state index in [1.54, 1.807) is 0 Å². The number of hydrogen-bond donors (Lipinski definition) is 1. The summed E-state index contributed by atoms with van der Waals surface area (Å²) in [5.74, 6) is 0. The van der Waals surface area contributed by atoms with Crippen LogP contribution in [-0.2, 0) is 0 Å². The molecule has 0 heterocycles. The smallest absolute Gasteiger partial charge is 0.0998 e. The lowest BCUT2D eigenvalue weighted by Gasteiger charge is -2.30. The first-order valence-corrected chi connectivity index (χ1v) is 18.6. The molecular weight excluding hydrogens is 693 g/mol. The molecule has 0 aliphatic heterocycles. The van der Waals surface area contributed by atoms with E-state index in [-0.39, 0.29) is 0 Å². The Hall–Kier alpha value is -8.23. The third-order valence-corrected chi connectivity index (χ3v) is 10.8. The van der Waals surface area contributed by atoms with Crippen molar-refractivity contribution < 1.29 is 0 Å². The van der Waals surface area contributed by atoms with Crippen molar-refractivity contribution in [2.75, 3.05) is 5.73 Å². The summed E-state index contributed by atoms with van der Waals surface area (Å²) in [5, 5.41) is 35.9. The highest BCUT2D eigenvalue weighted by atomic mass is 14.5. The third-order valence-electron chi connectivity index (χ3n) is 10.8. The van der Waals surface area contributed by atoms with E-state index in [1.807, 2.05) is 103 Å². The Labute approximate surface area is 331 Å². The Bertz CT molecular complexity index is 3140. The summed E-state index contributed by atoms with van der Waals surface area (Å²) in [4.78, 5) is 0. The zero-order valence-electron chi connectivity index (χ0n) is 30.7. The fourth-order valence-electron chi connectivity index (χ4n) is 8.25. The van der Waals surface area contributed by atoms with Crippen molar-refractivity contribution in [3.05, 3.63) is 199 Å². The minimum absolute atomic E-state index is 0.504. The van der Waals surface area contributed by atoms with Gasteiger partial charge in [0.2, 0.25) is 0 Å². The number of nitriles is 3. The molecule has 4 heteroatoms. The highest BCUT2D eigenvalue weighted by Gasteiger charge is 2.32. The van der Waals surface area contributed by atoms with Gasteiger partial charge in [0.1, 0.15) is 0 Å².